The van der Waals surface area contributed by atoms with E-state index in [2.05, 4.69) is 0 Å². The van der Waals surface area contributed by atoms with Crippen LogP contribution >= 0.6 is 0 Å². The first-order chi connectivity index (χ1) is 5.36. The second-order valence-corrected chi connectivity index (χ2v) is 4.21. The van der Waals surface area contributed by atoms with Gasteiger partial charge in [-0.15, -0.1) is 0 Å². The van der Waals surface area contributed by atoms with Crippen LogP contribution in [-0.2, 0) is 0 Å². The number of alkyl halides is 1. The largest absolute Gasteiger partial charge is 0.247 e. The first kappa shape index (κ1) is 7.57. The predicted octanol–water partition coefficient (Wildman–Crippen LogP) is 3.31. The van der Waals surface area contributed by atoms with Crippen LogP contribution in [0.25, 0.3) is 0 Å². The lowest BCUT2D eigenvalue weighted by atomic mass is 9.70. The second kappa shape index (κ2) is 3.12. The molecule has 0 radical (unpaired) electrons. The van der Waals surface area contributed by atoms with Crippen molar-refractivity contribution in [2.75, 3.05) is 0 Å². The summed E-state index contributed by atoms with van der Waals surface area (Å²) in [6.45, 7) is 0. The molecule has 0 aromatic rings. The molecule has 2 saturated carbocycles. The van der Waals surface area contributed by atoms with Gasteiger partial charge in [-0.1, -0.05) is 25.7 Å². The van der Waals surface area contributed by atoms with E-state index >= 15 is 0 Å². The van der Waals surface area contributed by atoms with Crippen LogP contribution in [-0.4, -0.2) is 6.17 Å². The maximum absolute atomic E-state index is 13.0. The Morgan fingerprint density at radius 1 is 0.818 bits per heavy atom. The fourth-order valence-corrected chi connectivity index (χ4v) is 2.82. The first-order valence-electron chi connectivity index (χ1n) is 5.00. The molecule has 0 aromatic heterocycles. The minimum absolute atomic E-state index is 0.464. The van der Waals surface area contributed by atoms with E-state index in [-0.39, 0.29) is 0 Å². The van der Waals surface area contributed by atoms with Crippen molar-refractivity contribution in [1.29, 1.82) is 0 Å². The SMILES string of the molecule is F[C@@H]1CC[C@@H]2CCCC[C@@H]2C1. The average molecular weight is 156 g/mol. The molecule has 0 saturated heterocycles. The van der Waals surface area contributed by atoms with E-state index in [1.54, 1.807) is 0 Å². The number of hydrogen-bond acceptors (Lipinski definition) is 0. The van der Waals surface area contributed by atoms with Crippen molar-refractivity contribution in [2.45, 2.75) is 51.1 Å². The smallest absolute Gasteiger partial charge is 0.100 e. The fraction of sp³-hybridized carbons (Fsp3) is 1.00. The van der Waals surface area contributed by atoms with E-state index in [0.29, 0.717) is 0 Å². The van der Waals surface area contributed by atoms with Crippen LogP contribution in [0.4, 0.5) is 4.39 Å². The van der Waals surface area contributed by atoms with Crippen LogP contribution in [0, 0.1) is 11.8 Å². The van der Waals surface area contributed by atoms with E-state index in [4.69, 9.17) is 0 Å². The zero-order chi connectivity index (χ0) is 7.68. The Balaban J connectivity index is 1.93. The Kier molecular flexibility index (Phi) is 2.15. The van der Waals surface area contributed by atoms with Crippen molar-refractivity contribution in [1.82, 2.24) is 0 Å². The molecule has 3 atom stereocenters. The van der Waals surface area contributed by atoms with Crippen LogP contribution in [0.1, 0.15) is 44.9 Å². The van der Waals surface area contributed by atoms with E-state index in [9.17, 15) is 4.39 Å². The van der Waals surface area contributed by atoms with E-state index in [1.807, 2.05) is 0 Å². The van der Waals surface area contributed by atoms with Crippen molar-refractivity contribution < 1.29 is 4.39 Å². The predicted molar refractivity (Wildman–Crippen MR) is 44.2 cm³/mol. The molecule has 64 valence electrons. The van der Waals surface area contributed by atoms with Crippen molar-refractivity contribution >= 4 is 0 Å². The molecule has 2 rings (SSSR count). The van der Waals surface area contributed by atoms with E-state index in [0.717, 1.165) is 24.7 Å². The maximum atomic E-state index is 13.0. The zero-order valence-corrected chi connectivity index (χ0v) is 7.06. The lowest BCUT2D eigenvalue weighted by Crippen LogP contribution is -2.28. The third-order valence-electron chi connectivity index (χ3n) is 3.48. The summed E-state index contributed by atoms with van der Waals surface area (Å²) in [7, 11) is 0. The van der Waals surface area contributed by atoms with Gasteiger partial charge in [0.1, 0.15) is 6.17 Å². The van der Waals surface area contributed by atoms with Crippen LogP contribution in [0.2, 0.25) is 0 Å². The highest BCUT2D eigenvalue weighted by molar-refractivity contribution is 4.82. The monoisotopic (exact) mass is 156 g/mol. The molecule has 0 unspecified atom stereocenters. The highest BCUT2D eigenvalue weighted by Gasteiger charge is 2.31. The van der Waals surface area contributed by atoms with Crippen molar-refractivity contribution in [3.8, 4) is 0 Å². The normalized spacial score (nSPS) is 45.0. The Labute approximate surface area is 68.2 Å². The minimum atomic E-state index is -0.464. The van der Waals surface area contributed by atoms with Crippen LogP contribution in [0.15, 0.2) is 0 Å². The topological polar surface area (TPSA) is 0 Å². The van der Waals surface area contributed by atoms with Gasteiger partial charge >= 0.3 is 0 Å². The highest BCUT2D eigenvalue weighted by atomic mass is 19.1. The Morgan fingerprint density at radius 2 is 1.55 bits per heavy atom. The number of halogens is 1. The molecule has 0 bridgehead atoms. The Morgan fingerprint density at radius 3 is 2.36 bits per heavy atom. The third-order valence-corrected chi connectivity index (χ3v) is 3.48. The van der Waals surface area contributed by atoms with Gasteiger partial charge in [-0.2, -0.15) is 0 Å². The van der Waals surface area contributed by atoms with E-state index in [1.165, 1.54) is 32.1 Å². The van der Waals surface area contributed by atoms with Crippen LogP contribution < -0.4 is 0 Å². The molecule has 2 aliphatic carbocycles. The summed E-state index contributed by atoms with van der Waals surface area (Å²) in [4.78, 5) is 0. The quantitative estimate of drug-likeness (QED) is 0.504. The summed E-state index contributed by atoms with van der Waals surface area (Å²) >= 11 is 0. The van der Waals surface area contributed by atoms with Crippen molar-refractivity contribution in [3.63, 3.8) is 0 Å². The lowest BCUT2D eigenvalue weighted by molar-refractivity contribution is 0.104. The average Bonchev–Trinajstić information content (AvgIpc) is 2.04. The van der Waals surface area contributed by atoms with Crippen LogP contribution in [0.3, 0.4) is 0 Å². The summed E-state index contributed by atoms with van der Waals surface area (Å²) in [6.07, 6.45) is 7.89. The molecule has 0 amide bonds. The standard InChI is InChI=1S/C10H17F/c11-10-6-5-8-3-1-2-4-9(8)7-10/h8-10H,1-7H2/t8-,9+,10+/m0/s1. The van der Waals surface area contributed by atoms with Gasteiger partial charge in [0, 0.05) is 0 Å². The van der Waals surface area contributed by atoms with Crippen molar-refractivity contribution in [3.05, 3.63) is 0 Å². The summed E-state index contributed by atoms with van der Waals surface area (Å²) in [5.41, 5.74) is 0. The van der Waals surface area contributed by atoms with Gasteiger partial charge in [-0.3, -0.25) is 0 Å². The molecule has 0 aromatic carbocycles. The minimum Gasteiger partial charge on any atom is -0.247 e. The molecule has 0 heterocycles. The lowest BCUT2D eigenvalue weighted by Gasteiger charge is -2.36. The Hall–Kier alpha value is -0.0700. The zero-order valence-electron chi connectivity index (χ0n) is 7.06. The molecule has 0 nitrogen and oxygen atoms in total. The van der Waals surface area contributed by atoms with E-state index < -0.39 is 6.17 Å². The highest BCUT2D eigenvalue weighted by Crippen LogP contribution is 2.41. The second-order valence-electron chi connectivity index (χ2n) is 4.21. The molecule has 2 fully saturated rings. The van der Waals surface area contributed by atoms with Gasteiger partial charge in [-0.05, 0) is 31.1 Å². The molecule has 0 N–H and O–H groups in total. The molecule has 2 aliphatic rings. The van der Waals surface area contributed by atoms with Gasteiger partial charge in [0.15, 0.2) is 0 Å². The third kappa shape index (κ3) is 1.57. The molecular formula is C10H17F. The summed E-state index contributed by atoms with van der Waals surface area (Å²) < 4.78 is 13.0. The van der Waals surface area contributed by atoms with Crippen LogP contribution in [0.5, 0.6) is 0 Å². The molecule has 0 spiro atoms. The van der Waals surface area contributed by atoms with Gasteiger partial charge < -0.3 is 0 Å². The van der Waals surface area contributed by atoms with Gasteiger partial charge in [0.25, 0.3) is 0 Å². The maximum Gasteiger partial charge on any atom is 0.100 e. The molecule has 0 aliphatic heterocycles. The van der Waals surface area contributed by atoms with Crippen molar-refractivity contribution in [2.24, 2.45) is 11.8 Å². The number of hydrogen-bond donors (Lipinski definition) is 0. The summed E-state index contributed by atoms with van der Waals surface area (Å²) in [6, 6.07) is 0. The molecular weight excluding hydrogens is 139 g/mol. The van der Waals surface area contributed by atoms with Gasteiger partial charge in [0.05, 0.1) is 0 Å². The molecule has 11 heavy (non-hydrogen) atoms. The summed E-state index contributed by atoms with van der Waals surface area (Å²) in [5, 5.41) is 0. The van der Waals surface area contributed by atoms with Gasteiger partial charge in [-0.25, -0.2) is 4.39 Å². The summed E-state index contributed by atoms with van der Waals surface area (Å²) in [5.74, 6) is 1.66. The van der Waals surface area contributed by atoms with Gasteiger partial charge in [0.2, 0.25) is 0 Å². The fourth-order valence-electron chi connectivity index (χ4n) is 2.82. The number of fused-ring (bicyclic) bond motifs is 1. The Bertz CT molecular complexity index is 133. The number of rotatable bonds is 0. The first-order valence-corrected chi connectivity index (χ1v) is 5.00. The molecule has 1 heteroatoms.